The Bertz CT molecular complexity index is 1040. The molecule has 2 heterocycles. The molecule has 3 aromatic rings. The summed E-state index contributed by atoms with van der Waals surface area (Å²) in [6.45, 7) is 2.67. The van der Waals surface area contributed by atoms with Gasteiger partial charge in [-0.2, -0.15) is 0 Å². The van der Waals surface area contributed by atoms with Crippen LogP contribution in [0.25, 0.3) is 11.1 Å². The molecule has 3 aromatic carbocycles. The van der Waals surface area contributed by atoms with Crippen LogP contribution in [0.3, 0.4) is 0 Å². The van der Waals surface area contributed by atoms with E-state index in [1.54, 1.807) is 0 Å². The molecule has 5 rings (SSSR count). The maximum absolute atomic E-state index is 13.4. The number of fused-ring (bicyclic) bond motifs is 2. The van der Waals surface area contributed by atoms with Crippen molar-refractivity contribution in [2.75, 3.05) is 24.5 Å². The third kappa shape index (κ3) is 3.25. The Balaban J connectivity index is 1.47. The fraction of sp³-hybridized carbons (Fsp3) is 0.240. The van der Waals surface area contributed by atoms with Gasteiger partial charge in [0.2, 0.25) is 0 Å². The lowest BCUT2D eigenvalue weighted by atomic mass is 9.75. The van der Waals surface area contributed by atoms with Gasteiger partial charge in [0.25, 0.3) is 5.91 Å². The number of hydrogen-bond acceptors (Lipinski definition) is 2. The van der Waals surface area contributed by atoms with Gasteiger partial charge in [0.05, 0.1) is 0 Å². The van der Waals surface area contributed by atoms with Gasteiger partial charge in [0, 0.05) is 28.2 Å². The minimum atomic E-state index is 0.00508. The molecule has 0 radical (unpaired) electrons. The summed E-state index contributed by atoms with van der Waals surface area (Å²) >= 11 is 6.33. The van der Waals surface area contributed by atoms with Crippen LogP contribution in [0.1, 0.15) is 28.8 Å². The van der Waals surface area contributed by atoms with E-state index in [2.05, 4.69) is 23.5 Å². The van der Waals surface area contributed by atoms with Crippen molar-refractivity contribution in [2.24, 2.45) is 0 Å². The molecular formula is C25H23ClN2O. The number of nitrogens with one attached hydrogen (secondary N) is 1. The third-order valence-electron chi connectivity index (χ3n) is 6.33. The predicted octanol–water partition coefficient (Wildman–Crippen LogP) is 5.29. The van der Waals surface area contributed by atoms with Gasteiger partial charge < -0.3 is 10.2 Å². The van der Waals surface area contributed by atoms with Crippen molar-refractivity contribution in [2.45, 2.75) is 18.3 Å². The summed E-state index contributed by atoms with van der Waals surface area (Å²) in [5.41, 5.74) is 5.23. The SMILES string of the molecule is O=C(c1ccc(-c2ccccc2)cc1)N1CC2(CCNCC2)c2cc(Cl)ccc21. The topological polar surface area (TPSA) is 32.3 Å². The molecule has 0 aromatic heterocycles. The van der Waals surface area contributed by atoms with Crippen LogP contribution in [0.4, 0.5) is 5.69 Å². The molecule has 2 aliphatic rings. The Hall–Kier alpha value is -2.62. The van der Waals surface area contributed by atoms with Crippen molar-refractivity contribution in [3.63, 3.8) is 0 Å². The third-order valence-corrected chi connectivity index (χ3v) is 6.56. The Labute approximate surface area is 176 Å². The second-order valence-corrected chi connectivity index (χ2v) is 8.46. The molecule has 4 heteroatoms. The van der Waals surface area contributed by atoms with Crippen LogP contribution >= 0.6 is 11.6 Å². The van der Waals surface area contributed by atoms with Crippen LogP contribution in [0.2, 0.25) is 5.02 Å². The molecule has 0 atom stereocenters. The maximum atomic E-state index is 13.4. The number of carbonyl (C=O) groups is 1. The number of anilines is 1. The van der Waals surface area contributed by atoms with Crippen LogP contribution in [0.15, 0.2) is 72.8 Å². The molecule has 0 bridgehead atoms. The highest BCUT2D eigenvalue weighted by molar-refractivity contribution is 6.30. The van der Waals surface area contributed by atoms with Crippen LogP contribution in [0, 0.1) is 0 Å². The molecule has 0 saturated carbocycles. The fourth-order valence-electron chi connectivity index (χ4n) is 4.75. The van der Waals surface area contributed by atoms with Gasteiger partial charge in [0.1, 0.15) is 0 Å². The number of carbonyl (C=O) groups excluding carboxylic acids is 1. The van der Waals surface area contributed by atoms with E-state index in [0.717, 1.165) is 59.9 Å². The summed E-state index contributed by atoms with van der Waals surface area (Å²) in [4.78, 5) is 15.4. The van der Waals surface area contributed by atoms with Crippen molar-refractivity contribution in [3.8, 4) is 11.1 Å². The Kier molecular flexibility index (Phi) is 4.65. The largest absolute Gasteiger partial charge is 0.317 e. The number of hydrogen-bond donors (Lipinski definition) is 1. The smallest absolute Gasteiger partial charge is 0.258 e. The van der Waals surface area contributed by atoms with Gasteiger partial charge >= 0.3 is 0 Å². The number of benzene rings is 3. The van der Waals surface area contributed by atoms with E-state index in [-0.39, 0.29) is 11.3 Å². The summed E-state index contributed by atoms with van der Waals surface area (Å²) in [6, 6.07) is 24.1. The summed E-state index contributed by atoms with van der Waals surface area (Å²) in [6.07, 6.45) is 2.05. The van der Waals surface area contributed by atoms with Crippen molar-refractivity contribution < 1.29 is 4.79 Å². The molecular weight excluding hydrogens is 380 g/mol. The molecule has 2 aliphatic heterocycles. The van der Waals surface area contributed by atoms with E-state index in [4.69, 9.17) is 11.6 Å². The number of amides is 1. The van der Waals surface area contributed by atoms with Crippen LogP contribution in [-0.4, -0.2) is 25.5 Å². The predicted molar refractivity (Wildman–Crippen MR) is 119 cm³/mol. The normalized spacial score (nSPS) is 17.3. The molecule has 1 amide bonds. The lowest BCUT2D eigenvalue weighted by molar-refractivity contribution is 0.0983. The standard InChI is InChI=1S/C25H23ClN2O/c26-21-10-11-23-22(16-21)25(12-14-27-15-13-25)17-28(23)24(29)20-8-6-19(7-9-20)18-4-2-1-3-5-18/h1-11,16,27H,12-15,17H2. The first-order valence-electron chi connectivity index (χ1n) is 10.1. The minimum absolute atomic E-state index is 0.00508. The van der Waals surface area contributed by atoms with E-state index >= 15 is 0 Å². The summed E-state index contributed by atoms with van der Waals surface area (Å²) < 4.78 is 0. The van der Waals surface area contributed by atoms with Gasteiger partial charge in [0.15, 0.2) is 0 Å². The quantitative estimate of drug-likeness (QED) is 0.631. The average Bonchev–Trinajstić information content (AvgIpc) is 3.07. The minimum Gasteiger partial charge on any atom is -0.317 e. The molecule has 29 heavy (non-hydrogen) atoms. The van der Waals surface area contributed by atoms with Crippen molar-refractivity contribution >= 4 is 23.2 Å². The second kappa shape index (κ2) is 7.33. The summed E-state index contributed by atoms with van der Waals surface area (Å²) in [5, 5.41) is 4.18. The van der Waals surface area contributed by atoms with Crippen LogP contribution in [0.5, 0.6) is 0 Å². The molecule has 1 fully saturated rings. The van der Waals surface area contributed by atoms with Crippen molar-refractivity contribution in [1.82, 2.24) is 5.32 Å². The van der Waals surface area contributed by atoms with Crippen molar-refractivity contribution in [1.29, 1.82) is 0 Å². The summed E-state index contributed by atoms with van der Waals surface area (Å²) in [5.74, 6) is 0.0589. The lowest BCUT2D eigenvalue weighted by Gasteiger charge is -2.34. The monoisotopic (exact) mass is 402 g/mol. The van der Waals surface area contributed by atoms with Gasteiger partial charge in [-0.25, -0.2) is 0 Å². The van der Waals surface area contributed by atoms with E-state index in [1.807, 2.05) is 59.5 Å². The first-order valence-corrected chi connectivity index (χ1v) is 10.5. The van der Waals surface area contributed by atoms with E-state index in [0.29, 0.717) is 0 Å². The fourth-order valence-corrected chi connectivity index (χ4v) is 4.92. The maximum Gasteiger partial charge on any atom is 0.258 e. The van der Waals surface area contributed by atoms with Crippen LogP contribution in [-0.2, 0) is 5.41 Å². The zero-order chi connectivity index (χ0) is 19.8. The highest BCUT2D eigenvalue weighted by Gasteiger charge is 2.45. The molecule has 1 saturated heterocycles. The van der Waals surface area contributed by atoms with Gasteiger partial charge in [-0.3, -0.25) is 4.79 Å². The van der Waals surface area contributed by atoms with Gasteiger partial charge in [-0.15, -0.1) is 0 Å². The Morgan fingerprint density at radius 2 is 1.59 bits per heavy atom. The van der Waals surface area contributed by atoms with Crippen LogP contribution < -0.4 is 10.2 Å². The number of nitrogens with zero attached hydrogens (tertiary/aromatic N) is 1. The zero-order valence-electron chi connectivity index (χ0n) is 16.2. The molecule has 1 N–H and O–H groups in total. The first-order chi connectivity index (χ1) is 14.2. The van der Waals surface area contributed by atoms with E-state index < -0.39 is 0 Å². The highest BCUT2D eigenvalue weighted by Crippen LogP contribution is 2.47. The first kappa shape index (κ1) is 18.4. The molecule has 146 valence electrons. The Morgan fingerprint density at radius 1 is 0.897 bits per heavy atom. The second-order valence-electron chi connectivity index (χ2n) is 8.03. The average molecular weight is 403 g/mol. The summed E-state index contributed by atoms with van der Waals surface area (Å²) in [7, 11) is 0. The molecule has 0 aliphatic carbocycles. The number of halogens is 1. The van der Waals surface area contributed by atoms with Crippen molar-refractivity contribution in [3.05, 3.63) is 88.9 Å². The Morgan fingerprint density at radius 3 is 2.31 bits per heavy atom. The molecule has 0 unspecified atom stereocenters. The number of rotatable bonds is 2. The highest BCUT2D eigenvalue weighted by atomic mass is 35.5. The lowest BCUT2D eigenvalue weighted by Crippen LogP contribution is -2.44. The van der Waals surface area contributed by atoms with Gasteiger partial charge in [-0.05, 0) is 73.0 Å². The van der Waals surface area contributed by atoms with E-state index in [9.17, 15) is 4.79 Å². The molecule has 3 nitrogen and oxygen atoms in total. The molecule has 1 spiro atoms. The van der Waals surface area contributed by atoms with Gasteiger partial charge in [-0.1, -0.05) is 54.1 Å². The van der Waals surface area contributed by atoms with E-state index in [1.165, 1.54) is 5.56 Å². The number of piperidine rings is 1. The zero-order valence-corrected chi connectivity index (χ0v) is 17.0.